The van der Waals surface area contributed by atoms with Crippen LogP contribution in [0.15, 0.2) is 18.2 Å². The number of carbonyl (C=O) groups excluding carboxylic acids is 1. The Morgan fingerprint density at radius 1 is 1.61 bits per heavy atom. The van der Waals surface area contributed by atoms with E-state index in [-0.39, 0.29) is 18.4 Å². The van der Waals surface area contributed by atoms with Gasteiger partial charge >= 0.3 is 5.97 Å². The van der Waals surface area contributed by atoms with Gasteiger partial charge in [0, 0.05) is 0 Å². The summed E-state index contributed by atoms with van der Waals surface area (Å²) in [6.45, 7) is 0.0317. The van der Waals surface area contributed by atoms with E-state index in [0.29, 0.717) is 22.4 Å². The Labute approximate surface area is 109 Å². The van der Waals surface area contributed by atoms with Crippen molar-refractivity contribution >= 4 is 28.6 Å². The first kappa shape index (κ1) is 12.4. The second-order valence-corrected chi connectivity index (χ2v) is 3.88. The highest BCUT2D eigenvalue weighted by molar-refractivity contribution is 6.17. The van der Waals surface area contributed by atoms with E-state index in [1.165, 1.54) is 7.11 Å². The molecule has 0 bridgehead atoms. The van der Waals surface area contributed by atoms with E-state index in [4.69, 9.17) is 16.9 Å². The summed E-state index contributed by atoms with van der Waals surface area (Å²) in [7, 11) is 1.32. The molecule has 0 saturated carbocycles. The third-order valence-electron chi connectivity index (χ3n) is 2.61. The Morgan fingerprint density at radius 2 is 2.39 bits per heavy atom. The van der Waals surface area contributed by atoms with Crippen LogP contribution in [0.4, 0.5) is 0 Å². The molecule has 0 N–H and O–H groups in total. The first-order valence-electron chi connectivity index (χ1n) is 5.22. The zero-order valence-corrected chi connectivity index (χ0v) is 10.4. The summed E-state index contributed by atoms with van der Waals surface area (Å²) >= 11 is 5.81. The van der Waals surface area contributed by atoms with Gasteiger partial charge in [0.1, 0.15) is 24.0 Å². The maximum atomic E-state index is 11.4. The van der Waals surface area contributed by atoms with E-state index in [9.17, 15) is 4.79 Å². The molecule has 0 unspecified atom stereocenters. The molecule has 0 radical (unpaired) electrons. The molecule has 0 saturated heterocycles. The average molecular weight is 264 g/mol. The van der Waals surface area contributed by atoms with Crippen molar-refractivity contribution in [3.05, 3.63) is 29.6 Å². The van der Waals surface area contributed by atoms with E-state index in [0.717, 1.165) is 0 Å². The standard InChI is InChI=1S/C12H10ClN3O2/c1-18-11(17)7-16-9-4-2-3-8(6-14)12(9)15-10(16)5-13/h2-4H,5,7H2,1H3. The lowest BCUT2D eigenvalue weighted by atomic mass is 10.2. The Hall–Kier alpha value is -2.06. The van der Waals surface area contributed by atoms with Gasteiger partial charge in [0.05, 0.1) is 24.1 Å². The van der Waals surface area contributed by atoms with Crippen LogP contribution in [0, 0.1) is 11.3 Å². The van der Waals surface area contributed by atoms with Crippen LogP contribution in [-0.4, -0.2) is 22.6 Å². The molecule has 2 rings (SSSR count). The molecule has 2 aromatic rings. The van der Waals surface area contributed by atoms with Gasteiger partial charge in [-0.2, -0.15) is 5.26 Å². The monoisotopic (exact) mass is 263 g/mol. The number of rotatable bonds is 3. The Kier molecular flexibility index (Phi) is 3.49. The number of alkyl halides is 1. The molecule has 0 fully saturated rings. The number of methoxy groups -OCH3 is 1. The highest BCUT2D eigenvalue weighted by Crippen LogP contribution is 2.20. The second kappa shape index (κ2) is 5.07. The summed E-state index contributed by atoms with van der Waals surface area (Å²) in [6, 6.07) is 7.28. The molecule has 1 aromatic carbocycles. The van der Waals surface area contributed by atoms with Crippen LogP contribution in [0.2, 0.25) is 0 Å². The van der Waals surface area contributed by atoms with E-state index in [2.05, 4.69) is 15.8 Å². The first-order chi connectivity index (χ1) is 8.71. The quantitative estimate of drug-likeness (QED) is 0.626. The summed E-state index contributed by atoms with van der Waals surface area (Å²) in [5.74, 6) is 0.319. The number of benzene rings is 1. The molecular formula is C12H10ClN3O2. The van der Waals surface area contributed by atoms with Crippen molar-refractivity contribution in [2.45, 2.75) is 12.4 Å². The molecule has 0 spiro atoms. The molecular weight excluding hydrogens is 254 g/mol. The number of halogens is 1. The number of para-hydroxylation sites is 1. The minimum Gasteiger partial charge on any atom is -0.468 e. The van der Waals surface area contributed by atoms with Crippen molar-refractivity contribution in [1.29, 1.82) is 5.26 Å². The van der Waals surface area contributed by atoms with Crippen LogP contribution in [0.5, 0.6) is 0 Å². The number of fused-ring (bicyclic) bond motifs is 1. The van der Waals surface area contributed by atoms with Crippen molar-refractivity contribution in [3.8, 4) is 6.07 Å². The first-order valence-corrected chi connectivity index (χ1v) is 5.75. The molecule has 18 heavy (non-hydrogen) atoms. The Balaban J connectivity index is 2.64. The van der Waals surface area contributed by atoms with E-state index < -0.39 is 0 Å². The normalized spacial score (nSPS) is 10.3. The fourth-order valence-electron chi connectivity index (χ4n) is 1.76. The number of aromatic nitrogens is 2. The van der Waals surface area contributed by atoms with Crippen molar-refractivity contribution in [2.75, 3.05) is 7.11 Å². The van der Waals surface area contributed by atoms with Gasteiger partial charge in [-0.3, -0.25) is 4.79 Å². The maximum absolute atomic E-state index is 11.4. The summed E-state index contributed by atoms with van der Waals surface area (Å²) in [6.07, 6.45) is 0. The topological polar surface area (TPSA) is 67.9 Å². The lowest BCUT2D eigenvalue weighted by Crippen LogP contribution is -2.13. The van der Waals surface area contributed by atoms with Crippen LogP contribution < -0.4 is 0 Å². The fourth-order valence-corrected chi connectivity index (χ4v) is 1.96. The third kappa shape index (κ3) is 2.03. The Bertz CT molecular complexity index is 643. The van der Waals surface area contributed by atoms with E-state index in [1.807, 2.05) is 0 Å². The highest BCUT2D eigenvalue weighted by atomic mass is 35.5. The van der Waals surface area contributed by atoms with Crippen molar-refractivity contribution in [3.63, 3.8) is 0 Å². The molecule has 0 atom stereocenters. The predicted octanol–water partition coefficient (Wildman–Crippen LogP) is 1.82. The number of esters is 1. The van der Waals surface area contributed by atoms with Crippen molar-refractivity contribution in [2.24, 2.45) is 0 Å². The van der Waals surface area contributed by atoms with Gasteiger partial charge in [0.15, 0.2) is 0 Å². The molecule has 1 heterocycles. The number of imidazole rings is 1. The summed E-state index contributed by atoms with van der Waals surface area (Å²) in [5, 5.41) is 9.01. The van der Waals surface area contributed by atoms with Crippen LogP contribution in [-0.2, 0) is 22.0 Å². The lowest BCUT2D eigenvalue weighted by molar-refractivity contribution is -0.141. The van der Waals surface area contributed by atoms with Gasteiger partial charge in [-0.25, -0.2) is 4.98 Å². The zero-order valence-electron chi connectivity index (χ0n) is 9.68. The maximum Gasteiger partial charge on any atom is 0.325 e. The number of hydrogen-bond acceptors (Lipinski definition) is 4. The summed E-state index contributed by atoms with van der Waals surface area (Å²) in [5.41, 5.74) is 1.72. The number of nitrogens with zero attached hydrogens (tertiary/aromatic N) is 3. The molecule has 0 aliphatic heterocycles. The predicted molar refractivity (Wildman–Crippen MR) is 66.0 cm³/mol. The molecule has 0 aliphatic carbocycles. The smallest absolute Gasteiger partial charge is 0.325 e. The van der Waals surface area contributed by atoms with Gasteiger partial charge in [-0.1, -0.05) is 6.07 Å². The molecule has 1 aromatic heterocycles. The van der Waals surface area contributed by atoms with Gasteiger partial charge in [0.25, 0.3) is 0 Å². The van der Waals surface area contributed by atoms with Crippen molar-refractivity contribution < 1.29 is 9.53 Å². The summed E-state index contributed by atoms with van der Waals surface area (Å²) < 4.78 is 6.29. The minimum atomic E-state index is -0.386. The third-order valence-corrected chi connectivity index (χ3v) is 2.85. The van der Waals surface area contributed by atoms with Gasteiger partial charge < -0.3 is 9.30 Å². The number of carbonyl (C=O) groups is 1. The van der Waals surface area contributed by atoms with Crippen LogP contribution >= 0.6 is 11.6 Å². The fraction of sp³-hybridized carbons (Fsp3) is 0.250. The van der Waals surface area contributed by atoms with Gasteiger partial charge in [-0.15, -0.1) is 11.6 Å². The molecule has 5 nitrogen and oxygen atoms in total. The molecule has 0 aliphatic rings. The van der Waals surface area contributed by atoms with Crippen LogP contribution in [0.25, 0.3) is 11.0 Å². The SMILES string of the molecule is COC(=O)Cn1c(CCl)nc2c(C#N)cccc21. The number of ether oxygens (including phenoxy) is 1. The second-order valence-electron chi connectivity index (χ2n) is 3.61. The Morgan fingerprint density at radius 3 is 3.00 bits per heavy atom. The zero-order chi connectivity index (χ0) is 13.1. The summed E-state index contributed by atoms with van der Waals surface area (Å²) in [4.78, 5) is 15.7. The van der Waals surface area contributed by atoms with Gasteiger partial charge in [0.2, 0.25) is 0 Å². The number of hydrogen-bond donors (Lipinski definition) is 0. The molecule has 92 valence electrons. The van der Waals surface area contributed by atoms with Crippen LogP contribution in [0.1, 0.15) is 11.4 Å². The molecule has 6 heteroatoms. The average Bonchev–Trinajstić information content (AvgIpc) is 2.76. The molecule has 0 amide bonds. The van der Waals surface area contributed by atoms with E-state index >= 15 is 0 Å². The van der Waals surface area contributed by atoms with Gasteiger partial charge in [-0.05, 0) is 12.1 Å². The number of nitriles is 1. The highest BCUT2D eigenvalue weighted by Gasteiger charge is 2.15. The minimum absolute atomic E-state index is 0.0317. The lowest BCUT2D eigenvalue weighted by Gasteiger charge is -2.05. The largest absolute Gasteiger partial charge is 0.468 e. The van der Waals surface area contributed by atoms with Crippen LogP contribution in [0.3, 0.4) is 0 Å². The van der Waals surface area contributed by atoms with E-state index in [1.54, 1.807) is 22.8 Å². The van der Waals surface area contributed by atoms with Crippen molar-refractivity contribution in [1.82, 2.24) is 9.55 Å².